The van der Waals surface area contributed by atoms with Gasteiger partial charge in [0.1, 0.15) is 35.1 Å². The maximum Gasteiger partial charge on any atom is 0.324 e. The van der Waals surface area contributed by atoms with Crippen molar-refractivity contribution in [2.75, 3.05) is 42.7 Å². The van der Waals surface area contributed by atoms with Crippen LogP contribution in [0.3, 0.4) is 0 Å². The maximum atomic E-state index is 12.6. The van der Waals surface area contributed by atoms with Gasteiger partial charge in [-0.05, 0) is 72.2 Å². The number of aromatic nitrogens is 2. The van der Waals surface area contributed by atoms with E-state index in [9.17, 15) is 26.4 Å². The van der Waals surface area contributed by atoms with Gasteiger partial charge in [0.2, 0.25) is 0 Å². The average Bonchev–Trinajstić information content (AvgIpc) is 3.22. The van der Waals surface area contributed by atoms with Crippen LogP contribution in [0.15, 0.2) is 95.2 Å². The van der Waals surface area contributed by atoms with Gasteiger partial charge < -0.3 is 28.4 Å². The van der Waals surface area contributed by atoms with E-state index in [1.54, 1.807) is 76.6 Å². The lowest BCUT2D eigenvalue weighted by atomic mass is 9.94. The van der Waals surface area contributed by atoms with Crippen LogP contribution in [-0.4, -0.2) is 93.5 Å². The molecule has 4 rings (SSSR count). The van der Waals surface area contributed by atoms with Crippen molar-refractivity contribution in [3.8, 4) is 23.0 Å². The molecule has 0 aliphatic heterocycles. The molecular weight excluding hydrogens is 769 g/mol. The predicted molar refractivity (Wildman–Crippen MR) is 206 cm³/mol. The van der Waals surface area contributed by atoms with Gasteiger partial charge in [0.25, 0.3) is 20.0 Å². The van der Waals surface area contributed by atoms with Crippen LogP contribution in [-0.2, 0) is 52.0 Å². The Morgan fingerprint density at radius 1 is 0.571 bits per heavy atom. The zero-order valence-corrected chi connectivity index (χ0v) is 34.0. The summed E-state index contributed by atoms with van der Waals surface area (Å²) in [6.45, 7) is 3.51. The van der Waals surface area contributed by atoms with Crippen molar-refractivity contribution in [2.45, 2.75) is 48.8 Å². The molecule has 0 unspecified atom stereocenters. The van der Waals surface area contributed by atoms with Gasteiger partial charge in [0.05, 0.1) is 42.7 Å². The second-order valence-electron chi connectivity index (χ2n) is 12.3. The number of nitrogens with zero attached hydrogens (tertiary/aromatic N) is 2. The van der Waals surface area contributed by atoms with E-state index >= 15 is 0 Å². The molecular formula is C38H48N4O12S2. The third-order valence-corrected chi connectivity index (χ3v) is 11.2. The minimum absolute atomic E-state index is 0.168. The normalized spacial score (nSPS) is 13.4. The Kier molecular flexibility index (Phi) is 17.0. The monoisotopic (exact) mass is 816 g/mol. The standard InChI is InChI=1S/2C19H24N2O6S/c2*1-13(11-14-8-9-15(25-2)12-16(14)26-3)18(19(22)27-4)21-28(23,24)17-7-5-6-10-20-17/h2*5-10,12-13,18,21H,11H2,1-4H3/t2*13-,18-/m00/s1. The largest absolute Gasteiger partial charge is 0.497 e. The third-order valence-electron chi connectivity index (χ3n) is 8.51. The number of nitrogens with one attached hydrogen (secondary N) is 2. The van der Waals surface area contributed by atoms with Crippen molar-refractivity contribution >= 4 is 32.0 Å². The van der Waals surface area contributed by atoms with Crippen molar-refractivity contribution in [3.63, 3.8) is 0 Å². The van der Waals surface area contributed by atoms with Gasteiger partial charge >= 0.3 is 11.9 Å². The number of methoxy groups -OCH3 is 6. The SMILES string of the molecule is COC(=O)[C@@H](NS(=O)(=O)c1ccccn1)[C@@H](C)Cc1ccc(OC)cc1OC.COC(=O)[C@@H](NS(=O)(=O)c1ccccn1)[C@@H](C)Cc1ccc(OC)cc1OC. The molecule has 2 aromatic carbocycles. The third kappa shape index (κ3) is 12.4. The molecule has 0 amide bonds. The summed E-state index contributed by atoms with van der Waals surface area (Å²) in [4.78, 5) is 32.3. The van der Waals surface area contributed by atoms with Gasteiger partial charge in [-0.1, -0.05) is 38.1 Å². The fourth-order valence-electron chi connectivity index (χ4n) is 5.48. The van der Waals surface area contributed by atoms with Crippen LogP contribution in [0.4, 0.5) is 0 Å². The number of esters is 2. The fraction of sp³-hybridized carbons (Fsp3) is 0.368. The molecule has 2 N–H and O–H groups in total. The van der Waals surface area contributed by atoms with Crippen LogP contribution < -0.4 is 28.4 Å². The van der Waals surface area contributed by atoms with Crippen LogP contribution in [0.25, 0.3) is 0 Å². The van der Waals surface area contributed by atoms with Crippen LogP contribution in [0, 0.1) is 11.8 Å². The molecule has 0 radical (unpaired) electrons. The van der Waals surface area contributed by atoms with Gasteiger partial charge in [0.15, 0.2) is 10.1 Å². The van der Waals surface area contributed by atoms with Crippen molar-refractivity contribution in [1.82, 2.24) is 19.4 Å². The Morgan fingerprint density at radius 3 is 1.23 bits per heavy atom. The molecule has 56 heavy (non-hydrogen) atoms. The molecule has 0 aliphatic carbocycles. The summed E-state index contributed by atoms with van der Waals surface area (Å²) < 4.78 is 86.0. The fourth-order valence-corrected chi connectivity index (χ4v) is 7.97. The zero-order chi connectivity index (χ0) is 41.5. The van der Waals surface area contributed by atoms with E-state index in [0.29, 0.717) is 35.8 Å². The minimum Gasteiger partial charge on any atom is -0.497 e. The Balaban J connectivity index is 0.000000300. The van der Waals surface area contributed by atoms with Crippen molar-refractivity contribution in [1.29, 1.82) is 0 Å². The number of rotatable bonds is 18. The molecule has 2 heterocycles. The predicted octanol–water partition coefficient (Wildman–Crippen LogP) is 3.60. The second kappa shape index (κ2) is 21.1. The Labute approximate surface area is 328 Å². The van der Waals surface area contributed by atoms with Gasteiger partial charge in [-0.15, -0.1) is 0 Å². The Hall–Kier alpha value is -5.30. The topological polar surface area (TPSA) is 208 Å². The lowest BCUT2D eigenvalue weighted by Crippen LogP contribution is -2.46. The highest BCUT2D eigenvalue weighted by molar-refractivity contribution is 7.89. The first-order valence-electron chi connectivity index (χ1n) is 17.1. The van der Waals surface area contributed by atoms with E-state index < -0.39 is 55.9 Å². The maximum absolute atomic E-state index is 12.6. The van der Waals surface area contributed by atoms with Crippen LogP contribution in [0.2, 0.25) is 0 Å². The molecule has 0 saturated carbocycles. The quantitative estimate of drug-likeness (QED) is 0.138. The van der Waals surface area contributed by atoms with E-state index in [1.807, 2.05) is 12.1 Å². The minimum atomic E-state index is -3.99. The van der Waals surface area contributed by atoms with E-state index in [1.165, 1.54) is 53.0 Å². The second-order valence-corrected chi connectivity index (χ2v) is 15.6. The summed E-state index contributed by atoms with van der Waals surface area (Å²) in [5, 5.41) is -0.337. The Morgan fingerprint density at radius 2 is 0.946 bits per heavy atom. The lowest BCUT2D eigenvalue weighted by Gasteiger charge is -2.23. The smallest absolute Gasteiger partial charge is 0.324 e. The number of pyridine rings is 2. The molecule has 0 aliphatic rings. The molecule has 4 aromatic rings. The van der Waals surface area contributed by atoms with Gasteiger partial charge in [-0.25, -0.2) is 26.8 Å². The summed E-state index contributed by atoms with van der Waals surface area (Å²) in [5.41, 5.74) is 1.61. The molecule has 0 spiro atoms. The van der Waals surface area contributed by atoms with Crippen LogP contribution in [0.1, 0.15) is 25.0 Å². The molecule has 4 atom stereocenters. The highest BCUT2D eigenvalue weighted by atomic mass is 32.2. The van der Waals surface area contributed by atoms with Crippen LogP contribution >= 0.6 is 0 Å². The summed E-state index contributed by atoms with van der Waals surface area (Å²) >= 11 is 0. The summed E-state index contributed by atoms with van der Waals surface area (Å²) in [6, 6.07) is 17.5. The van der Waals surface area contributed by atoms with Crippen molar-refractivity contribution in [3.05, 3.63) is 96.3 Å². The van der Waals surface area contributed by atoms with Gasteiger partial charge in [0, 0.05) is 24.5 Å². The molecule has 18 heteroatoms. The van der Waals surface area contributed by atoms with E-state index in [0.717, 1.165) is 11.1 Å². The summed E-state index contributed by atoms with van der Waals surface area (Å²) in [7, 11) is 0.613. The summed E-state index contributed by atoms with van der Waals surface area (Å²) in [6.07, 6.45) is 3.48. The molecule has 2 aromatic heterocycles. The zero-order valence-electron chi connectivity index (χ0n) is 32.4. The number of hydrogen-bond acceptors (Lipinski definition) is 14. The van der Waals surface area contributed by atoms with Gasteiger partial charge in [-0.2, -0.15) is 9.44 Å². The molecule has 16 nitrogen and oxygen atoms in total. The van der Waals surface area contributed by atoms with E-state index in [2.05, 4.69) is 19.4 Å². The molecule has 0 bridgehead atoms. The van der Waals surface area contributed by atoms with Gasteiger partial charge in [-0.3, -0.25) is 9.59 Å². The number of ether oxygens (including phenoxy) is 6. The number of hydrogen-bond donors (Lipinski definition) is 2. The number of carbonyl (C=O) groups excluding carboxylic acids is 2. The first-order chi connectivity index (χ1) is 26.6. The average molecular weight is 817 g/mol. The lowest BCUT2D eigenvalue weighted by molar-refractivity contribution is -0.144. The van der Waals surface area contributed by atoms with E-state index in [-0.39, 0.29) is 10.1 Å². The van der Waals surface area contributed by atoms with Crippen LogP contribution in [0.5, 0.6) is 23.0 Å². The number of sulfonamides is 2. The molecule has 0 saturated heterocycles. The van der Waals surface area contributed by atoms with E-state index in [4.69, 9.17) is 28.4 Å². The molecule has 304 valence electrons. The summed E-state index contributed by atoms with van der Waals surface area (Å²) in [5.74, 6) is 0.229. The van der Waals surface area contributed by atoms with Crippen molar-refractivity contribution in [2.24, 2.45) is 11.8 Å². The highest BCUT2D eigenvalue weighted by Gasteiger charge is 2.34. The number of carbonyl (C=O) groups is 2. The first-order valence-corrected chi connectivity index (χ1v) is 20.0. The van der Waals surface area contributed by atoms with Crippen molar-refractivity contribution < 1.29 is 54.8 Å². The Bertz CT molecular complexity index is 1950. The highest BCUT2D eigenvalue weighted by Crippen LogP contribution is 2.29. The number of benzene rings is 2. The first kappa shape index (κ1) is 45.1. The molecule has 0 fully saturated rings.